The van der Waals surface area contributed by atoms with Gasteiger partial charge in [0.2, 0.25) is 0 Å². The Morgan fingerprint density at radius 2 is 1.48 bits per heavy atom. The zero-order valence-corrected chi connectivity index (χ0v) is 17.1. The zero-order chi connectivity index (χ0) is 22.5. The summed E-state index contributed by atoms with van der Waals surface area (Å²) >= 11 is 0. The van der Waals surface area contributed by atoms with Crippen LogP contribution in [0.4, 0.5) is 26.3 Å². The van der Waals surface area contributed by atoms with E-state index in [1.165, 1.54) is 12.1 Å². The Hall–Kier alpha value is -2.44. The number of allylic oxidation sites excluding steroid dienone is 1. The van der Waals surface area contributed by atoms with Crippen LogP contribution in [-0.2, 0) is 0 Å². The maximum atomic E-state index is 14.8. The fourth-order valence-corrected chi connectivity index (χ4v) is 4.28. The minimum absolute atomic E-state index is 0.0528. The average Bonchev–Trinajstić information content (AvgIpc) is 2.70. The summed E-state index contributed by atoms with van der Waals surface area (Å²) in [5, 5.41) is 0. The summed E-state index contributed by atoms with van der Waals surface area (Å²) in [5.41, 5.74) is -0.337. The maximum Gasteiger partial charge on any atom is 0.260 e. The van der Waals surface area contributed by atoms with Gasteiger partial charge < -0.3 is 4.74 Å². The molecule has 1 fully saturated rings. The van der Waals surface area contributed by atoms with E-state index in [0.29, 0.717) is 36.0 Å². The lowest BCUT2D eigenvalue weighted by Gasteiger charge is -2.29. The molecule has 0 saturated heterocycles. The summed E-state index contributed by atoms with van der Waals surface area (Å²) < 4.78 is 86.8. The first kappa shape index (κ1) is 23.2. The van der Waals surface area contributed by atoms with Gasteiger partial charge in [-0.05, 0) is 72.9 Å². The molecule has 7 heteroatoms. The second-order valence-electron chi connectivity index (χ2n) is 7.92. The minimum atomic E-state index is -2.85. The highest BCUT2D eigenvalue weighted by Gasteiger charge is 2.25. The highest BCUT2D eigenvalue weighted by Crippen LogP contribution is 2.40. The molecule has 1 nitrogen and oxygen atoms in total. The molecule has 2 aromatic carbocycles. The van der Waals surface area contributed by atoms with Gasteiger partial charge in [0.1, 0.15) is 11.6 Å². The molecule has 1 saturated carbocycles. The van der Waals surface area contributed by atoms with Crippen molar-refractivity contribution in [2.45, 2.75) is 57.8 Å². The van der Waals surface area contributed by atoms with Crippen molar-refractivity contribution in [3.05, 3.63) is 65.4 Å². The third-order valence-corrected chi connectivity index (χ3v) is 5.78. The van der Waals surface area contributed by atoms with Crippen LogP contribution < -0.4 is 4.74 Å². The van der Waals surface area contributed by atoms with Gasteiger partial charge in [-0.3, -0.25) is 0 Å². The molecule has 0 amide bonds. The molecule has 0 bridgehead atoms. The quantitative estimate of drug-likeness (QED) is 0.311. The van der Waals surface area contributed by atoms with Gasteiger partial charge in [0.25, 0.3) is 6.43 Å². The smallest absolute Gasteiger partial charge is 0.260 e. The van der Waals surface area contributed by atoms with Crippen LogP contribution >= 0.6 is 0 Å². The standard InChI is InChI=1S/C24H24F6O/c1-2-3-14-4-6-15(7-5-14)16-10-18(25)23(19(26)11-16)17-12-20(27)24(21(28)13-17)31-9-8-22(29)30/h8-15,22H,2-7H2,1H3/b9-8+. The highest BCUT2D eigenvalue weighted by molar-refractivity contribution is 5.66. The molecular weight excluding hydrogens is 418 g/mol. The molecule has 1 aliphatic rings. The Morgan fingerprint density at radius 1 is 0.903 bits per heavy atom. The number of rotatable bonds is 7. The second kappa shape index (κ2) is 10.2. The molecule has 0 unspecified atom stereocenters. The lowest BCUT2D eigenvalue weighted by molar-refractivity contribution is 0.200. The molecule has 2 aromatic rings. The Bertz CT molecular complexity index is 886. The van der Waals surface area contributed by atoms with Crippen molar-refractivity contribution in [3.8, 4) is 16.9 Å². The van der Waals surface area contributed by atoms with Crippen molar-refractivity contribution in [2.75, 3.05) is 0 Å². The van der Waals surface area contributed by atoms with Gasteiger partial charge >= 0.3 is 0 Å². The molecular formula is C24H24F6O. The number of hydrogen-bond acceptors (Lipinski definition) is 1. The van der Waals surface area contributed by atoms with Crippen LogP contribution in [0, 0.1) is 29.2 Å². The Kier molecular flexibility index (Phi) is 7.68. The monoisotopic (exact) mass is 442 g/mol. The SMILES string of the molecule is CCCC1CCC(c2cc(F)c(-c3cc(F)c(O/C=C/C(F)F)c(F)c3)c(F)c2)CC1. The molecule has 1 aliphatic carbocycles. The normalized spacial score (nSPS) is 19.4. The van der Waals surface area contributed by atoms with Gasteiger partial charge in [-0.15, -0.1) is 0 Å². The molecule has 168 valence electrons. The van der Waals surface area contributed by atoms with E-state index in [0.717, 1.165) is 38.5 Å². The van der Waals surface area contributed by atoms with Crippen molar-refractivity contribution in [1.29, 1.82) is 0 Å². The van der Waals surface area contributed by atoms with Gasteiger partial charge in [0.05, 0.1) is 11.8 Å². The van der Waals surface area contributed by atoms with Gasteiger partial charge in [-0.1, -0.05) is 19.8 Å². The molecule has 0 spiro atoms. The van der Waals surface area contributed by atoms with Crippen molar-refractivity contribution in [1.82, 2.24) is 0 Å². The van der Waals surface area contributed by atoms with E-state index in [9.17, 15) is 26.3 Å². The first-order valence-corrected chi connectivity index (χ1v) is 10.4. The van der Waals surface area contributed by atoms with E-state index in [1.807, 2.05) is 0 Å². The summed E-state index contributed by atoms with van der Waals surface area (Å²) in [6.45, 7) is 2.14. The molecule has 0 aromatic heterocycles. The lowest BCUT2D eigenvalue weighted by atomic mass is 9.77. The van der Waals surface area contributed by atoms with Crippen molar-refractivity contribution >= 4 is 0 Å². The van der Waals surface area contributed by atoms with E-state index < -0.39 is 41.0 Å². The molecule has 31 heavy (non-hydrogen) atoms. The third kappa shape index (κ3) is 5.63. The van der Waals surface area contributed by atoms with E-state index in [-0.39, 0.29) is 11.5 Å². The van der Waals surface area contributed by atoms with Gasteiger partial charge in [-0.25, -0.2) is 26.3 Å². The van der Waals surface area contributed by atoms with Crippen LogP contribution in [0.5, 0.6) is 5.75 Å². The van der Waals surface area contributed by atoms with Crippen LogP contribution in [0.1, 0.15) is 56.9 Å². The molecule has 0 N–H and O–H groups in total. The Morgan fingerprint density at radius 3 is 2.00 bits per heavy atom. The van der Waals surface area contributed by atoms with Crippen molar-refractivity contribution < 1.29 is 31.1 Å². The van der Waals surface area contributed by atoms with Crippen LogP contribution in [0.15, 0.2) is 36.6 Å². The molecule has 0 radical (unpaired) electrons. The third-order valence-electron chi connectivity index (χ3n) is 5.78. The zero-order valence-electron chi connectivity index (χ0n) is 17.1. The molecule has 3 rings (SSSR count). The van der Waals surface area contributed by atoms with E-state index >= 15 is 0 Å². The summed E-state index contributed by atoms with van der Waals surface area (Å²) in [4.78, 5) is 0. The van der Waals surface area contributed by atoms with E-state index in [4.69, 9.17) is 0 Å². The number of hydrogen-bond donors (Lipinski definition) is 0. The number of halogens is 6. The van der Waals surface area contributed by atoms with Gasteiger partial charge in [0, 0.05) is 6.08 Å². The topological polar surface area (TPSA) is 9.23 Å². The van der Waals surface area contributed by atoms with Crippen LogP contribution in [-0.4, -0.2) is 6.43 Å². The van der Waals surface area contributed by atoms with Crippen molar-refractivity contribution in [3.63, 3.8) is 0 Å². The Balaban J connectivity index is 1.84. The van der Waals surface area contributed by atoms with Crippen LogP contribution in [0.2, 0.25) is 0 Å². The maximum absolute atomic E-state index is 14.8. The van der Waals surface area contributed by atoms with Crippen LogP contribution in [0.3, 0.4) is 0 Å². The van der Waals surface area contributed by atoms with Gasteiger partial charge in [0.15, 0.2) is 17.4 Å². The molecule has 0 heterocycles. The predicted molar refractivity (Wildman–Crippen MR) is 107 cm³/mol. The van der Waals surface area contributed by atoms with E-state index in [2.05, 4.69) is 11.7 Å². The number of ether oxygens (including phenoxy) is 1. The first-order chi connectivity index (χ1) is 14.8. The fraction of sp³-hybridized carbons (Fsp3) is 0.417. The fourth-order valence-electron chi connectivity index (χ4n) is 4.28. The number of alkyl halides is 2. The summed E-state index contributed by atoms with van der Waals surface area (Å²) in [7, 11) is 0. The Labute approximate surface area is 177 Å². The highest BCUT2D eigenvalue weighted by atomic mass is 19.3. The summed E-state index contributed by atoms with van der Waals surface area (Å²) in [5.74, 6) is -4.56. The lowest BCUT2D eigenvalue weighted by Crippen LogP contribution is -2.13. The molecule has 0 aliphatic heterocycles. The predicted octanol–water partition coefficient (Wildman–Crippen LogP) is 8.14. The molecule has 0 atom stereocenters. The summed E-state index contributed by atoms with van der Waals surface area (Å²) in [6, 6.07) is 3.89. The summed E-state index contributed by atoms with van der Waals surface area (Å²) in [6.07, 6.45) is 3.92. The minimum Gasteiger partial charge on any atom is -0.459 e. The second-order valence-corrected chi connectivity index (χ2v) is 7.92. The van der Waals surface area contributed by atoms with E-state index in [1.54, 1.807) is 0 Å². The van der Waals surface area contributed by atoms with Gasteiger partial charge in [-0.2, -0.15) is 0 Å². The van der Waals surface area contributed by atoms with Crippen molar-refractivity contribution in [2.24, 2.45) is 5.92 Å². The number of benzene rings is 2. The van der Waals surface area contributed by atoms with Crippen LogP contribution in [0.25, 0.3) is 11.1 Å². The average molecular weight is 442 g/mol. The first-order valence-electron chi connectivity index (χ1n) is 10.4. The largest absolute Gasteiger partial charge is 0.459 e.